The molecule has 0 N–H and O–H groups in total. The lowest BCUT2D eigenvalue weighted by Gasteiger charge is -2.28. The van der Waals surface area contributed by atoms with E-state index in [0.717, 1.165) is 105 Å². The molecule has 0 saturated carbocycles. The highest BCUT2D eigenvalue weighted by molar-refractivity contribution is 6.25. The Morgan fingerprint density at radius 2 is 0.620 bits per heavy atom. The van der Waals surface area contributed by atoms with Crippen molar-refractivity contribution in [3.05, 3.63) is 192 Å². The van der Waals surface area contributed by atoms with Gasteiger partial charge in [0.15, 0.2) is 0 Å². The number of nitrogens with zero attached hydrogens (tertiary/aromatic N) is 2. The maximum atomic E-state index is 6.99. The molecule has 0 aliphatic heterocycles. The minimum atomic E-state index is 0.0614. The molecule has 0 unspecified atom stereocenters. The van der Waals surface area contributed by atoms with Crippen molar-refractivity contribution in [1.29, 1.82) is 0 Å². The Labute approximate surface area is 419 Å². The average Bonchev–Trinajstić information content (AvgIpc) is 3.87. The van der Waals surface area contributed by atoms with Gasteiger partial charge in [0.2, 0.25) is 0 Å². The third-order valence-corrected chi connectivity index (χ3v) is 14.7. The van der Waals surface area contributed by atoms with Crippen LogP contribution in [0.15, 0.2) is 173 Å². The first-order chi connectivity index (χ1) is 33.6. The van der Waals surface area contributed by atoms with E-state index in [1.165, 1.54) is 22.3 Å². The van der Waals surface area contributed by atoms with Crippen LogP contribution in [0.3, 0.4) is 0 Å². The zero-order chi connectivity index (χ0) is 49.9. The van der Waals surface area contributed by atoms with Gasteiger partial charge in [0, 0.05) is 50.3 Å². The summed E-state index contributed by atoms with van der Waals surface area (Å²) in [5.41, 5.74) is 16.6. The van der Waals surface area contributed by atoms with E-state index in [1.807, 2.05) is 0 Å². The summed E-state index contributed by atoms with van der Waals surface area (Å²) >= 11 is 0. The number of fused-ring (bicyclic) bond motifs is 9. The number of rotatable bonds is 6. The minimum absolute atomic E-state index is 0.0614. The van der Waals surface area contributed by atoms with Crippen molar-refractivity contribution in [2.24, 2.45) is 0 Å². The second-order valence-electron chi connectivity index (χ2n) is 24.1. The Morgan fingerprint density at radius 1 is 0.296 bits per heavy atom. The fourth-order valence-electron chi connectivity index (χ4n) is 10.4. The number of hydrogen-bond donors (Lipinski definition) is 0. The Hall–Kier alpha value is -7.30. The van der Waals surface area contributed by atoms with Crippen molar-refractivity contribution in [1.82, 2.24) is 0 Å². The molecular formula is C67H66N2O2. The Balaban J connectivity index is 1.01. The van der Waals surface area contributed by atoms with Gasteiger partial charge in [-0.2, -0.15) is 0 Å². The molecule has 4 nitrogen and oxygen atoms in total. The molecule has 0 amide bonds. The molecule has 356 valence electrons. The van der Waals surface area contributed by atoms with E-state index < -0.39 is 0 Å². The van der Waals surface area contributed by atoms with Crippen LogP contribution in [0.5, 0.6) is 0 Å². The molecule has 0 atom stereocenters. The summed E-state index contributed by atoms with van der Waals surface area (Å²) in [6, 6.07) is 61.0. The first-order valence-corrected chi connectivity index (χ1v) is 25.3. The van der Waals surface area contributed by atoms with E-state index in [1.54, 1.807) is 0 Å². The molecule has 0 aliphatic rings. The van der Waals surface area contributed by atoms with E-state index >= 15 is 0 Å². The van der Waals surface area contributed by atoms with Crippen LogP contribution in [-0.4, -0.2) is 0 Å². The molecule has 71 heavy (non-hydrogen) atoms. The van der Waals surface area contributed by atoms with Crippen LogP contribution in [0.1, 0.15) is 111 Å². The van der Waals surface area contributed by atoms with E-state index in [0.29, 0.717) is 0 Å². The summed E-state index contributed by atoms with van der Waals surface area (Å²) in [5.74, 6) is 0. The Bertz CT molecular complexity index is 3710. The quantitative estimate of drug-likeness (QED) is 0.166. The van der Waals surface area contributed by atoms with Gasteiger partial charge in [-0.25, -0.2) is 0 Å². The third-order valence-electron chi connectivity index (χ3n) is 14.7. The molecule has 11 aromatic rings. The smallest absolute Gasteiger partial charge is 0.147 e. The van der Waals surface area contributed by atoms with Crippen molar-refractivity contribution >= 4 is 99.5 Å². The topological polar surface area (TPSA) is 32.8 Å². The molecule has 4 heteroatoms. The van der Waals surface area contributed by atoms with Crippen molar-refractivity contribution in [2.75, 3.05) is 9.80 Å². The predicted octanol–water partition coefficient (Wildman–Crippen LogP) is 20.2. The molecule has 0 radical (unpaired) electrons. The highest BCUT2D eigenvalue weighted by Crippen LogP contribution is 2.46. The van der Waals surface area contributed by atoms with Crippen molar-refractivity contribution in [3.8, 4) is 0 Å². The van der Waals surface area contributed by atoms with Gasteiger partial charge < -0.3 is 18.6 Å². The van der Waals surface area contributed by atoms with Gasteiger partial charge in [0.25, 0.3) is 0 Å². The van der Waals surface area contributed by atoms with Crippen LogP contribution >= 0.6 is 0 Å². The van der Waals surface area contributed by atoms with Gasteiger partial charge in [-0.05, 0) is 181 Å². The SMILES string of the molecule is Cc1cc2c3cc4ccc(N(c5ccc(C(C)(C)C)cc5)c5ccc(C(C)(C)C)cc5)cc4cc3oc2c2c1oc1cc3cc(N(c4ccc(C(C)(C)C)cc4)c4ccc(C(C)(C)C)cc4)ccc3cc12. The van der Waals surface area contributed by atoms with Crippen molar-refractivity contribution < 1.29 is 8.83 Å². The molecule has 0 saturated heterocycles. The predicted molar refractivity (Wildman–Crippen MR) is 305 cm³/mol. The zero-order valence-electron chi connectivity index (χ0n) is 43.8. The van der Waals surface area contributed by atoms with Gasteiger partial charge in [-0.1, -0.05) is 144 Å². The van der Waals surface area contributed by atoms with Crippen molar-refractivity contribution in [3.63, 3.8) is 0 Å². The molecule has 9 aromatic carbocycles. The third kappa shape index (κ3) is 8.31. The number of anilines is 6. The Kier molecular flexibility index (Phi) is 10.6. The van der Waals surface area contributed by atoms with Gasteiger partial charge in [-0.15, -0.1) is 0 Å². The van der Waals surface area contributed by atoms with Crippen LogP contribution in [0.25, 0.3) is 65.4 Å². The summed E-state index contributed by atoms with van der Waals surface area (Å²) in [6.45, 7) is 29.3. The molecule has 0 bridgehead atoms. The van der Waals surface area contributed by atoms with Crippen LogP contribution in [0.4, 0.5) is 34.1 Å². The van der Waals surface area contributed by atoms with Crippen LogP contribution in [-0.2, 0) is 21.7 Å². The largest absolute Gasteiger partial charge is 0.456 e. The van der Waals surface area contributed by atoms with E-state index in [-0.39, 0.29) is 21.7 Å². The zero-order valence-corrected chi connectivity index (χ0v) is 43.8. The highest BCUT2D eigenvalue weighted by atomic mass is 16.3. The fraction of sp³-hybridized carbons (Fsp3) is 0.254. The van der Waals surface area contributed by atoms with Crippen LogP contribution in [0, 0.1) is 6.92 Å². The average molecular weight is 931 g/mol. The van der Waals surface area contributed by atoms with Crippen molar-refractivity contribution in [2.45, 2.75) is 112 Å². The van der Waals surface area contributed by atoms with E-state index in [2.05, 4.69) is 264 Å². The number of aryl methyl sites for hydroxylation is 1. The highest BCUT2D eigenvalue weighted by Gasteiger charge is 2.24. The van der Waals surface area contributed by atoms with Gasteiger partial charge in [0.1, 0.15) is 22.3 Å². The summed E-state index contributed by atoms with van der Waals surface area (Å²) in [4.78, 5) is 4.73. The van der Waals surface area contributed by atoms with Gasteiger partial charge in [0.05, 0.1) is 5.39 Å². The standard InChI is InChI=1S/C67H66N2O2/c1-41-34-57-56-37-42-14-24-54(68(50-26-16-46(17-27-50)64(2,3)4)51-28-18-47(19-29-51)65(5,6)7)35-44(42)39-59(56)71-63(57)61-58-38-43-15-25-55(36-45(43)40-60(58)70-62(41)61)69(52-30-20-48(21-31-52)66(8,9)10)53-32-22-49(23-33-53)67(11,12)13/h14-40H,1-13H3. The fourth-order valence-corrected chi connectivity index (χ4v) is 10.4. The second kappa shape index (κ2) is 16.4. The lowest BCUT2D eigenvalue weighted by Crippen LogP contribution is -2.14. The van der Waals surface area contributed by atoms with Gasteiger partial charge in [-0.3, -0.25) is 0 Å². The lowest BCUT2D eigenvalue weighted by molar-refractivity contribution is 0.590. The number of benzene rings is 9. The first-order valence-electron chi connectivity index (χ1n) is 25.3. The second-order valence-corrected chi connectivity index (χ2v) is 24.1. The lowest BCUT2D eigenvalue weighted by atomic mass is 9.86. The normalized spacial score (nSPS) is 12.9. The minimum Gasteiger partial charge on any atom is -0.456 e. The molecular weight excluding hydrogens is 865 g/mol. The Morgan fingerprint density at radius 3 is 0.986 bits per heavy atom. The van der Waals surface area contributed by atoms with E-state index in [4.69, 9.17) is 8.83 Å². The van der Waals surface area contributed by atoms with E-state index in [9.17, 15) is 0 Å². The molecule has 2 heterocycles. The summed E-state index contributed by atoms with van der Waals surface area (Å²) in [5, 5.41) is 8.81. The molecule has 0 aliphatic carbocycles. The monoisotopic (exact) mass is 931 g/mol. The maximum absolute atomic E-state index is 6.99. The molecule has 2 aromatic heterocycles. The van der Waals surface area contributed by atoms with Crippen LogP contribution in [0.2, 0.25) is 0 Å². The van der Waals surface area contributed by atoms with Crippen LogP contribution < -0.4 is 9.80 Å². The maximum Gasteiger partial charge on any atom is 0.147 e. The summed E-state index contributed by atoms with van der Waals surface area (Å²) in [7, 11) is 0. The number of hydrogen-bond acceptors (Lipinski definition) is 4. The number of furan rings is 2. The summed E-state index contributed by atoms with van der Waals surface area (Å²) < 4.78 is 13.8. The summed E-state index contributed by atoms with van der Waals surface area (Å²) in [6.07, 6.45) is 0. The first kappa shape index (κ1) is 46.1. The van der Waals surface area contributed by atoms with Gasteiger partial charge >= 0.3 is 0 Å². The molecule has 0 spiro atoms. The molecule has 0 fully saturated rings. The molecule has 11 rings (SSSR count).